The van der Waals surface area contributed by atoms with E-state index in [0.29, 0.717) is 5.69 Å². The summed E-state index contributed by atoms with van der Waals surface area (Å²) in [6.07, 6.45) is 0.0187. The van der Waals surface area contributed by atoms with Gasteiger partial charge in [0.2, 0.25) is 17.7 Å². The van der Waals surface area contributed by atoms with Gasteiger partial charge in [-0.05, 0) is 12.1 Å². The van der Waals surface area contributed by atoms with Gasteiger partial charge in [-0.1, -0.05) is 18.2 Å². The monoisotopic (exact) mass is 336 g/mol. The fourth-order valence-electron chi connectivity index (χ4n) is 2.22. The SMILES string of the molecule is CC(=O)NC(CSC1CC(=O)N(c2ccccc2)C1=O)C(=O)O. The Bertz CT molecular complexity index is 634. The van der Waals surface area contributed by atoms with E-state index in [0.717, 1.165) is 16.7 Å². The van der Waals surface area contributed by atoms with Crippen LogP contribution in [0.1, 0.15) is 13.3 Å². The number of rotatable bonds is 6. The fourth-order valence-corrected chi connectivity index (χ4v) is 3.37. The number of thioether (sulfide) groups is 1. The second kappa shape index (κ2) is 7.28. The highest BCUT2D eigenvalue weighted by Gasteiger charge is 2.40. The number of nitrogens with zero attached hydrogens (tertiary/aromatic N) is 1. The van der Waals surface area contributed by atoms with Crippen molar-refractivity contribution in [3.8, 4) is 0 Å². The van der Waals surface area contributed by atoms with Gasteiger partial charge in [-0.3, -0.25) is 14.4 Å². The number of carbonyl (C=O) groups excluding carboxylic acids is 3. The lowest BCUT2D eigenvalue weighted by atomic mass is 10.3. The maximum Gasteiger partial charge on any atom is 0.327 e. The summed E-state index contributed by atoms with van der Waals surface area (Å²) in [5, 5.41) is 10.7. The number of carboxylic acids is 1. The molecule has 0 spiro atoms. The molecule has 0 aliphatic carbocycles. The van der Waals surface area contributed by atoms with E-state index in [2.05, 4.69) is 5.32 Å². The number of anilines is 1. The summed E-state index contributed by atoms with van der Waals surface area (Å²) in [7, 11) is 0. The number of imide groups is 1. The van der Waals surface area contributed by atoms with E-state index in [1.54, 1.807) is 30.3 Å². The Morgan fingerprint density at radius 2 is 2.00 bits per heavy atom. The summed E-state index contributed by atoms with van der Waals surface area (Å²) in [6.45, 7) is 1.22. The van der Waals surface area contributed by atoms with Gasteiger partial charge in [-0.2, -0.15) is 0 Å². The van der Waals surface area contributed by atoms with Crippen LogP contribution < -0.4 is 10.2 Å². The van der Waals surface area contributed by atoms with Crippen molar-refractivity contribution in [3.63, 3.8) is 0 Å². The standard InChI is InChI=1S/C15H16N2O5S/c1-9(18)16-11(15(21)22)8-23-12-7-13(19)17(14(12)20)10-5-3-2-4-6-10/h2-6,11-12H,7-8H2,1H3,(H,16,18)(H,21,22). The summed E-state index contributed by atoms with van der Waals surface area (Å²) in [5.74, 6) is -2.30. The van der Waals surface area contributed by atoms with E-state index in [4.69, 9.17) is 5.11 Å². The van der Waals surface area contributed by atoms with E-state index in [1.807, 2.05) is 0 Å². The minimum absolute atomic E-state index is 0.0151. The number of para-hydroxylation sites is 1. The molecule has 0 radical (unpaired) electrons. The molecule has 8 heteroatoms. The third kappa shape index (κ3) is 4.10. The maximum atomic E-state index is 12.4. The zero-order chi connectivity index (χ0) is 17.0. The molecule has 0 bridgehead atoms. The third-order valence-electron chi connectivity index (χ3n) is 3.26. The molecular formula is C15H16N2O5S. The van der Waals surface area contributed by atoms with Gasteiger partial charge < -0.3 is 10.4 Å². The van der Waals surface area contributed by atoms with Crippen LogP contribution in [0, 0.1) is 0 Å². The van der Waals surface area contributed by atoms with Crippen LogP contribution in [0.15, 0.2) is 30.3 Å². The van der Waals surface area contributed by atoms with Gasteiger partial charge in [0.25, 0.3) is 0 Å². The van der Waals surface area contributed by atoms with Crippen LogP contribution in [0.5, 0.6) is 0 Å². The third-order valence-corrected chi connectivity index (χ3v) is 4.56. The first-order chi connectivity index (χ1) is 10.9. The highest BCUT2D eigenvalue weighted by atomic mass is 32.2. The molecule has 2 atom stereocenters. The molecule has 3 amide bonds. The summed E-state index contributed by atoms with van der Waals surface area (Å²) in [5.41, 5.74) is 0.502. The highest BCUT2D eigenvalue weighted by molar-refractivity contribution is 8.00. The lowest BCUT2D eigenvalue weighted by Gasteiger charge is -2.16. The molecule has 1 fully saturated rings. The van der Waals surface area contributed by atoms with Crippen LogP contribution in [0.3, 0.4) is 0 Å². The number of carboxylic acid groups (broad SMARTS) is 1. The first-order valence-corrected chi connectivity index (χ1v) is 7.98. The average Bonchev–Trinajstić information content (AvgIpc) is 2.78. The minimum Gasteiger partial charge on any atom is -0.480 e. The number of amides is 3. The smallest absolute Gasteiger partial charge is 0.327 e. The zero-order valence-corrected chi connectivity index (χ0v) is 13.2. The molecule has 2 N–H and O–H groups in total. The second-order valence-corrected chi connectivity index (χ2v) is 6.26. The highest BCUT2D eigenvalue weighted by Crippen LogP contribution is 2.29. The molecule has 23 heavy (non-hydrogen) atoms. The molecule has 0 aromatic heterocycles. The molecule has 2 unspecified atom stereocenters. The van der Waals surface area contributed by atoms with Gasteiger partial charge in [0.1, 0.15) is 6.04 Å². The van der Waals surface area contributed by atoms with E-state index in [-0.39, 0.29) is 24.0 Å². The topological polar surface area (TPSA) is 104 Å². The van der Waals surface area contributed by atoms with Crippen molar-refractivity contribution in [1.82, 2.24) is 5.32 Å². The first-order valence-electron chi connectivity index (χ1n) is 6.93. The Morgan fingerprint density at radius 1 is 1.35 bits per heavy atom. The van der Waals surface area contributed by atoms with Crippen LogP contribution in [0.25, 0.3) is 0 Å². The van der Waals surface area contributed by atoms with Crippen LogP contribution in [0.2, 0.25) is 0 Å². The molecular weight excluding hydrogens is 320 g/mol. The first kappa shape index (κ1) is 17.0. The number of carbonyl (C=O) groups is 4. The predicted molar refractivity (Wildman–Crippen MR) is 85.0 cm³/mol. The van der Waals surface area contributed by atoms with E-state index >= 15 is 0 Å². The Hall–Kier alpha value is -2.35. The minimum atomic E-state index is -1.18. The molecule has 1 aromatic rings. The van der Waals surface area contributed by atoms with Crippen LogP contribution >= 0.6 is 11.8 Å². The summed E-state index contributed by atoms with van der Waals surface area (Å²) in [6, 6.07) is 7.49. The van der Waals surface area contributed by atoms with Crippen molar-refractivity contribution >= 4 is 41.1 Å². The number of aliphatic carboxylic acids is 1. The van der Waals surface area contributed by atoms with E-state index in [9.17, 15) is 19.2 Å². The lowest BCUT2D eigenvalue weighted by molar-refractivity contribution is -0.140. The van der Waals surface area contributed by atoms with Crippen LogP contribution in [-0.4, -0.2) is 45.8 Å². The fraction of sp³-hybridized carbons (Fsp3) is 0.333. The Morgan fingerprint density at radius 3 is 2.57 bits per heavy atom. The van der Waals surface area contributed by atoms with Gasteiger partial charge in [0, 0.05) is 19.1 Å². The van der Waals surface area contributed by atoms with Gasteiger partial charge in [0.15, 0.2) is 0 Å². The zero-order valence-electron chi connectivity index (χ0n) is 12.4. The Labute approximate surface area is 137 Å². The van der Waals surface area contributed by atoms with Crippen molar-refractivity contribution in [3.05, 3.63) is 30.3 Å². The largest absolute Gasteiger partial charge is 0.480 e. The summed E-state index contributed by atoms with van der Waals surface area (Å²) < 4.78 is 0. The molecule has 2 rings (SSSR count). The molecule has 122 valence electrons. The maximum absolute atomic E-state index is 12.4. The van der Waals surface area contributed by atoms with Gasteiger partial charge in [-0.15, -0.1) is 11.8 Å². The number of hydrogen-bond donors (Lipinski definition) is 2. The second-order valence-electron chi connectivity index (χ2n) is 5.02. The van der Waals surface area contributed by atoms with Crippen molar-refractivity contribution < 1.29 is 24.3 Å². The van der Waals surface area contributed by atoms with Crippen molar-refractivity contribution in [2.24, 2.45) is 0 Å². The molecule has 7 nitrogen and oxygen atoms in total. The molecule has 0 saturated carbocycles. The Balaban J connectivity index is 2.02. The molecule has 1 heterocycles. The van der Waals surface area contributed by atoms with Crippen molar-refractivity contribution in [2.45, 2.75) is 24.6 Å². The van der Waals surface area contributed by atoms with Gasteiger partial charge in [-0.25, -0.2) is 9.69 Å². The Kier molecular flexibility index (Phi) is 5.38. The summed E-state index contributed by atoms with van der Waals surface area (Å²) in [4.78, 5) is 47.6. The van der Waals surface area contributed by atoms with E-state index < -0.39 is 23.2 Å². The molecule has 1 aromatic carbocycles. The van der Waals surface area contributed by atoms with Crippen molar-refractivity contribution in [2.75, 3.05) is 10.7 Å². The quantitative estimate of drug-likeness (QED) is 0.739. The number of nitrogens with one attached hydrogen (secondary N) is 1. The van der Waals surface area contributed by atoms with Crippen LogP contribution in [-0.2, 0) is 19.2 Å². The number of benzene rings is 1. The van der Waals surface area contributed by atoms with Gasteiger partial charge >= 0.3 is 5.97 Å². The summed E-state index contributed by atoms with van der Waals surface area (Å²) >= 11 is 1.07. The van der Waals surface area contributed by atoms with E-state index in [1.165, 1.54) is 6.92 Å². The molecule has 1 aliphatic rings. The molecule has 1 saturated heterocycles. The predicted octanol–water partition coefficient (Wildman–Crippen LogP) is 0.641. The van der Waals surface area contributed by atoms with Crippen LogP contribution in [0.4, 0.5) is 5.69 Å². The average molecular weight is 336 g/mol. The van der Waals surface area contributed by atoms with Gasteiger partial charge in [0.05, 0.1) is 10.9 Å². The lowest BCUT2D eigenvalue weighted by Crippen LogP contribution is -2.42. The van der Waals surface area contributed by atoms with Crippen molar-refractivity contribution in [1.29, 1.82) is 0 Å². The normalized spacial score (nSPS) is 18.8. The molecule has 1 aliphatic heterocycles. The number of hydrogen-bond acceptors (Lipinski definition) is 5.